The van der Waals surface area contributed by atoms with Gasteiger partial charge in [0.2, 0.25) is 11.9 Å². The van der Waals surface area contributed by atoms with Crippen LogP contribution < -0.4 is 10.9 Å². The zero-order valence-corrected chi connectivity index (χ0v) is 12.7. The zero-order valence-electron chi connectivity index (χ0n) is 12.7. The van der Waals surface area contributed by atoms with Crippen molar-refractivity contribution in [3.8, 4) is 17.2 Å². The fourth-order valence-electron chi connectivity index (χ4n) is 2.23. The fourth-order valence-corrected chi connectivity index (χ4v) is 2.23. The van der Waals surface area contributed by atoms with Crippen molar-refractivity contribution in [1.82, 2.24) is 19.7 Å². The van der Waals surface area contributed by atoms with Gasteiger partial charge in [-0.05, 0) is 6.92 Å². The number of nitrogens with zero attached hydrogens (tertiary/aromatic N) is 3. The normalized spacial score (nSPS) is 10.5. The summed E-state index contributed by atoms with van der Waals surface area (Å²) in [5.74, 6) is 0.462. The lowest BCUT2D eigenvalue weighted by molar-refractivity contribution is -0.114. The van der Waals surface area contributed by atoms with Gasteiger partial charge in [0.15, 0.2) is 0 Å². The molecule has 116 valence electrons. The highest BCUT2D eigenvalue weighted by molar-refractivity contribution is 5.88. The van der Waals surface area contributed by atoms with E-state index in [0.717, 1.165) is 5.56 Å². The van der Waals surface area contributed by atoms with Crippen LogP contribution in [0.15, 0.2) is 47.3 Å². The molecular weight excluding hydrogens is 294 g/mol. The van der Waals surface area contributed by atoms with Gasteiger partial charge in [-0.2, -0.15) is 9.78 Å². The number of aromatic amines is 1. The summed E-state index contributed by atoms with van der Waals surface area (Å²) in [5.41, 5.74) is 1.76. The van der Waals surface area contributed by atoms with E-state index >= 15 is 0 Å². The van der Waals surface area contributed by atoms with Crippen molar-refractivity contribution in [3.63, 3.8) is 0 Å². The zero-order chi connectivity index (χ0) is 16.4. The maximum absolute atomic E-state index is 12.0. The third-order valence-electron chi connectivity index (χ3n) is 3.13. The van der Waals surface area contributed by atoms with Crippen molar-refractivity contribution >= 4 is 11.7 Å². The number of amides is 1. The van der Waals surface area contributed by atoms with Crippen molar-refractivity contribution in [2.75, 3.05) is 5.32 Å². The van der Waals surface area contributed by atoms with E-state index < -0.39 is 0 Å². The molecule has 0 aliphatic carbocycles. The summed E-state index contributed by atoms with van der Waals surface area (Å²) in [7, 11) is 0. The highest BCUT2D eigenvalue weighted by atomic mass is 16.1. The molecule has 0 bridgehead atoms. The number of hydrogen-bond acceptors (Lipinski definition) is 4. The molecule has 2 aromatic heterocycles. The summed E-state index contributed by atoms with van der Waals surface area (Å²) in [6, 6.07) is 12.5. The predicted molar refractivity (Wildman–Crippen MR) is 86.5 cm³/mol. The van der Waals surface area contributed by atoms with Crippen LogP contribution in [0.25, 0.3) is 17.2 Å². The molecule has 0 unspecified atom stereocenters. The SMILES string of the molecule is CC(=O)Nc1cc(C)nn1-c1nc(-c2ccccc2)cc(=O)[nH]1. The number of rotatable bonds is 3. The quantitative estimate of drug-likeness (QED) is 0.772. The van der Waals surface area contributed by atoms with Crippen molar-refractivity contribution < 1.29 is 4.79 Å². The molecule has 0 atom stereocenters. The average molecular weight is 309 g/mol. The van der Waals surface area contributed by atoms with Gasteiger partial charge in [-0.1, -0.05) is 30.3 Å². The Balaban J connectivity index is 2.13. The molecule has 0 radical (unpaired) electrons. The van der Waals surface area contributed by atoms with E-state index in [4.69, 9.17) is 0 Å². The van der Waals surface area contributed by atoms with Gasteiger partial charge in [0.1, 0.15) is 5.82 Å². The summed E-state index contributed by atoms with van der Waals surface area (Å²) in [6.07, 6.45) is 0. The Labute approximate surface area is 132 Å². The summed E-state index contributed by atoms with van der Waals surface area (Å²) >= 11 is 0. The molecule has 7 nitrogen and oxygen atoms in total. The monoisotopic (exact) mass is 309 g/mol. The van der Waals surface area contributed by atoms with Crippen LogP contribution in [0.4, 0.5) is 5.82 Å². The van der Waals surface area contributed by atoms with Gasteiger partial charge >= 0.3 is 0 Å². The number of carbonyl (C=O) groups excluding carboxylic acids is 1. The Morgan fingerprint density at radius 2 is 1.96 bits per heavy atom. The number of anilines is 1. The molecule has 23 heavy (non-hydrogen) atoms. The smallest absolute Gasteiger partial charge is 0.252 e. The third kappa shape index (κ3) is 3.18. The number of carbonyl (C=O) groups is 1. The van der Waals surface area contributed by atoms with Gasteiger partial charge in [0.05, 0.1) is 11.4 Å². The van der Waals surface area contributed by atoms with E-state index in [-0.39, 0.29) is 17.4 Å². The fraction of sp³-hybridized carbons (Fsp3) is 0.125. The summed E-state index contributed by atoms with van der Waals surface area (Å²) in [4.78, 5) is 30.4. The van der Waals surface area contributed by atoms with Gasteiger partial charge in [-0.3, -0.25) is 14.6 Å². The molecule has 1 amide bonds. The molecule has 3 rings (SSSR count). The van der Waals surface area contributed by atoms with Gasteiger partial charge < -0.3 is 5.32 Å². The molecule has 1 aromatic carbocycles. The highest BCUT2D eigenvalue weighted by Gasteiger charge is 2.12. The molecule has 3 aromatic rings. The summed E-state index contributed by atoms with van der Waals surface area (Å²) < 4.78 is 1.41. The molecule has 0 fully saturated rings. The molecule has 0 spiro atoms. The molecule has 0 aliphatic rings. The third-order valence-corrected chi connectivity index (χ3v) is 3.13. The molecule has 7 heteroatoms. The van der Waals surface area contributed by atoms with Gasteiger partial charge in [-0.15, -0.1) is 0 Å². The van der Waals surface area contributed by atoms with Crippen molar-refractivity contribution in [2.45, 2.75) is 13.8 Å². The first-order valence-electron chi connectivity index (χ1n) is 7.04. The Bertz CT molecular complexity index is 912. The van der Waals surface area contributed by atoms with Gasteiger partial charge in [-0.25, -0.2) is 4.98 Å². The predicted octanol–water partition coefficient (Wildman–Crippen LogP) is 1.89. The second-order valence-electron chi connectivity index (χ2n) is 5.08. The maximum atomic E-state index is 12.0. The minimum atomic E-state index is -0.296. The van der Waals surface area contributed by atoms with Crippen LogP contribution in [0, 0.1) is 6.92 Å². The van der Waals surface area contributed by atoms with Crippen LogP contribution in [0.3, 0.4) is 0 Å². The number of nitrogens with one attached hydrogen (secondary N) is 2. The second kappa shape index (κ2) is 5.88. The van der Waals surface area contributed by atoms with Crippen molar-refractivity contribution in [2.24, 2.45) is 0 Å². The number of hydrogen-bond donors (Lipinski definition) is 2. The molecule has 0 saturated carbocycles. The molecule has 0 aliphatic heterocycles. The van der Waals surface area contributed by atoms with Gasteiger partial charge in [0.25, 0.3) is 5.56 Å². The van der Waals surface area contributed by atoms with Crippen LogP contribution in [0.5, 0.6) is 0 Å². The van der Waals surface area contributed by atoms with Crippen molar-refractivity contribution in [1.29, 1.82) is 0 Å². The summed E-state index contributed by atoms with van der Waals surface area (Å²) in [6.45, 7) is 3.20. The molecule has 2 N–H and O–H groups in total. The van der Waals surface area contributed by atoms with E-state index in [0.29, 0.717) is 17.2 Å². The van der Waals surface area contributed by atoms with Crippen LogP contribution >= 0.6 is 0 Å². The number of aryl methyl sites for hydroxylation is 1. The number of H-pyrrole nitrogens is 1. The Kier molecular flexibility index (Phi) is 3.76. The van der Waals surface area contributed by atoms with Crippen LogP contribution in [-0.2, 0) is 4.79 Å². The lowest BCUT2D eigenvalue weighted by Gasteiger charge is -2.08. The van der Waals surface area contributed by atoms with Crippen molar-refractivity contribution in [3.05, 3.63) is 58.5 Å². The average Bonchev–Trinajstić information content (AvgIpc) is 2.87. The standard InChI is InChI=1S/C16H15N5O2/c1-10-8-14(17-11(2)22)21(20-10)16-18-13(9-15(23)19-16)12-6-4-3-5-7-12/h3-9H,1-2H3,(H,17,22)(H,18,19,23). The Morgan fingerprint density at radius 3 is 2.65 bits per heavy atom. The largest absolute Gasteiger partial charge is 0.311 e. The lowest BCUT2D eigenvalue weighted by Crippen LogP contribution is -2.17. The number of benzene rings is 1. The van der Waals surface area contributed by atoms with Crippen LogP contribution in [-0.4, -0.2) is 25.7 Å². The first kappa shape index (κ1) is 14.7. The molecule has 2 heterocycles. The van der Waals surface area contributed by atoms with E-state index in [2.05, 4.69) is 20.4 Å². The minimum Gasteiger partial charge on any atom is -0.311 e. The van der Waals surface area contributed by atoms with Gasteiger partial charge in [0, 0.05) is 24.6 Å². The van der Waals surface area contributed by atoms with E-state index in [1.807, 2.05) is 30.3 Å². The number of aromatic nitrogens is 4. The Hall–Kier alpha value is -3.22. The van der Waals surface area contributed by atoms with E-state index in [1.165, 1.54) is 17.7 Å². The topological polar surface area (TPSA) is 92.7 Å². The Morgan fingerprint density at radius 1 is 1.22 bits per heavy atom. The summed E-state index contributed by atoms with van der Waals surface area (Å²) in [5, 5.41) is 6.95. The van der Waals surface area contributed by atoms with Crippen LogP contribution in [0.1, 0.15) is 12.6 Å². The first-order valence-corrected chi connectivity index (χ1v) is 7.04. The van der Waals surface area contributed by atoms with Crippen LogP contribution in [0.2, 0.25) is 0 Å². The maximum Gasteiger partial charge on any atom is 0.252 e. The van der Waals surface area contributed by atoms with E-state index in [9.17, 15) is 9.59 Å². The first-order chi connectivity index (χ1) is 11.0. The molecular formula is C16H15N5O2. The lowest BCUT2D eigenvalue weighted by atomic mass is 10.1. The van der Waals surface area contributed by atoms with E-state index in [1.54, 1.807) is 13.0 Å². The highest BCUT2D eigenvalue weighted by Crippen LogP contribution is 2.18. The second-order valence-corrected chi connectivity index (χ2v) is 5.08. The molecule has 0 saturated heterocycles. The minimum absolute atomic E-state index is 0.229.